The van der Waals surface area contributed by atoms with Crippen LogP contribution in [-0.2, 0) is 17.6 Å². The zero-order chi connectivity index (χ0) is 14.2. The zero-order valence-electron chi connectivity index (χ0n) is 12.3. The van der Waals surface area contributed by atoms with E-state index in [9.17, 15) is 4.79 Å². The van der Waals surface area contributed by atoms with Gasteiger partial charge in [-0.15, -0.1) is 0 Å². The van der Waals surface area contributed by atoms with Gasteiger partial charge in [0.1, 0.15) is 0 Å². The van der Waals surface area contributed by atoms with Crippen LogP contribution < -0.4 is 16.0 Å². The Morgan fingerprint density at radius 3 is 3.05 bits per heavy atom. The van der Waals surface area contributed by atoms with Gasteiger partial charge in [-0.1, -0.05) is 12.1 Å². The third-order valence-electron chi connectivity index (χ3n) is 3.60. The van der Waals surface area contributed by atoms with Crippen LogP contribution in [0.25, 0.3) is 0 Å². The molecule has 0 bridgehead atoms. The summed E-state index contributed by atoms with van der Waals surface area (Å²) < 4.78 is 0. The number of carbonyl (C=O) groups is 1. The summed E-state index contributed by atoms with van der Waals surface area (Å²) in [5.41, 5.74) is 4.17. The van der Waals surface area contributed by atoms with Crippen LogP contribution in [-0.4, -0.2) is 32.1 Å². The summed E-state index contributed by atoms with van der Waals surface area (Å²) in [7, 11) is 0. The molecule has 1 aliphatic rings. The Hall–Kier alpha value is -1.55. The molecule has 2 rings (SSSR count). The first-order chi connectivity index (χ1) is 9.75. The number of benzene rings is 1. The van der Waals surface area contributed by atoms with Crippen LogP contribution in [0.3, 0.4) is 0 Å². The summed E-state index contributed by atoms with van der Waals surface area (Å²) >= 11 is 0. The number of rotatable bonds is 7. The Labute approximate surface area is 121 Å². The van der Waals surface area contributed by atoms with E-state index < -0.39 is 0 Å². The molecule has 20 heavy (non-hydrogen) atoms. The molecule has 3 N–H and O–H groups in total. The number of carbonyl (C=O) groups excluding carboxylic acids is 1. The van der Waals surface area contributed by atoms with Crippen molar-refractivity contribution in [2.75, 3.05) is 31.5 Å². The van der Waals surface area contributed by atoms with Gasteiger partial charge in [-0.05, 0) is 56.0 Å². The SMILES string of the molecule is CC(=O)NCCCNCCc1ccc2c(c1)CCCN2. The third-order valence-corrected chi connectivity index (χ3v) is 3.60. The molecule has 0 radical (unpaired) electrons. The normalized spacial score (nSPS) is 13.4. The van der Waals surface area contributed by atoms with E-state index in [1.807, 2.05) is 0 Å². The van der Waals surface area contributed by atoms with Crippen LogP contribution >= 0.6 is 0 Å². The molecular formula is C16H25N3O. The maximum atomic E-state index is 10.7. The van der Waals surface area contributed by atoms with Gasteiger partial charge < -0.3 is 16.0 Å². The van der Waals surface area contributed by atoms with Gasteiger partial charge in [0.25, 0.3) is 0 Å². The highest BCUT2D eigenvalue weighted by atomic mass is 16.1. The molecule has 0 saturated heterocycles. The van der Waals surface area contributed by atoms with Crippen molar-refractivity contribution < 1.29 is 4.79 Å². The van der Waals surface area contributed by atoms with E-state index in [1.165, 1.54) is 29.7 Å². The molecule has 0 fully saturated rings. The van der Waals surface area contributed by atoms with Gasteiger partial charge in [0.2, 0.25) is 5.91 Å². The maximum absolute atomic E-state index is 10.7. The monoisotopic (exact) mass is 275 g/mol. The Balaban J connectivity index is 1.63. The molecule has 0 aliphatic carbocycles. The predicted molar refractivity (Wildman–Crippen MR) is 83.1 cm³/mol. The minimum atomic E-state index is 0.0488. The Bertz CT molecular complexity index is 445. The number of hydrogen-bond donors (Lipinski definition) is 3. The lowest BCUT2D eigenvalue weighted by atomic mass is 9.99. The largest absolute Gasteiger partial charge is 0.385 e. The van der Waals surface area contributed by atoms with Crippen LogP contribution in [0, 0.1) is 0 Å². The average Bonchev–Trinajstić information content (AvgIpc) is 2.46. The average molecular weight is 275 g/mol. The molecule has 0 saturated carbocycles. The lowest BCUT2D eigenvalue weighted by molar-refractivity contribution is -0.118. The lowest BCUT2D eigenvalue weighted by Gasteiger charge is -2.18. The van der Waals surface area contributed by atoms with Crippen molar-refractivity contribution in [1.29, 1.82) is 0 Å². The summed E-state index contributed by atoms with van der Waals surface area (Å²) in [4.78, 5) is 10.7. The molecule has 4 nitrogen and oxygen atoms in total. The van der Waals surface area contributed by atoms with Crippen molar-refractivity contribution in [3.8, 4) is 0 Å². The number of nitrogens with one attached hydrogen (secondary N) is 3. The van der Waals surface area contributed by atoms with E-state index in [0.717, 1.165) is 39.0 Å². The molecule has 4 heteroatoms. The van der Waals surface area contributed by atoms with Crippen molar-refractivity contribution in [3.05, 3.63) is 29.3 Å². The molecule has 0 unspecified atom stereocenters. The van der Waals surface area contributed by atoms with Gasteiger partial charge in [0, 0.05) is 25.7 Å². The number of hydrogen-bond acceptors (Lipinski definition) is 3. The van der Waals surface area contributed by atoms with Crippen molar-refractivity contribution in [2.45, 2.75) is 32.6 Å². The Morgan fingerprint density at radius 2 is 2.20 bits per heavy atom. The van der Waals surface area contributed by atoms with Gasteiger partial charge in [-0.2, -0.15) is 0 Å². The van der Waals surface area contributed by atoms with E-state index in [0.29, 0.717) is 0 Å². The highest BCUT2D eigenvalue weighted by molar-refractivity contribution is 5.72. The number of aryl methyl sites for hydroxylation is 1. The number of amides is 1. The first-order valence-corrected chi connectivity index (χ1v) is 7.56. The highest BCUT2D eigenvalue weighted by Crippen LogP contribution is 2.22. The van der Waals surface area contributed by atoms with Crippen LogP contribution in [0.1, 0.15) is 30.9 Å². The molecule has 1 aliphatic heterocycles. The summed E-state index contributed by atoms with van der Waals surface area (Å²) in [5, 5.41) is 9.66. The van der Waals surface area contributed by atoms with E-state index in [-0.39, 0.29) is 5.91 Å². The van der Waals surface area contributed by atoms with E-state index in [4.69, 9.17) is 0 Å². The first kappa shape index (κ1) is 14.9. The minimum Gasteiger partial charge on any atom is -0.385 e. The quantitative estimate of drug-likeness (QED) is 0.664. The Morgan fingerprint density at radius 1 is 1.30 bits per heavy atom. The van der Waals surface area contributed by atoms with Gasteiger partial charge in [-0.25, -0.2) is 0 Å². The molecule has 1 heterocycles. The molecular weight excluding hydrogens is 250 g/mol. The van der Waals surface area contributed by atoms with Crippen molar-refractivity contribution in [1.82, 2.24) is 10.6 Å². The van der Waals surface area contributed by atoms with Gasteiger partial charge in [-0.3, -0.25) is 4.79 Å². The van der Waals surface area contributed by atoms with Gasteiger partial charge in [0.05, 0.1) is 0 Å². The van der Waals surface area contributed by atoms with Gasteiger partial charge in [0.15, 0.2) is 0 Å². The molecule has 0 aromatic heterocycles. The summed E-state index contributed by atoms with van der Waals surface area (Å²) in [6.07, 6.45) is 4.47. The lowest BCUT2D eigenvalue weighted by Crippen LogP contribution is -2.26. The van der Waals surface area contributed by atoms with E-state index in [2.05, 4.69) is 34.1 Å². The summed E-state index contributed by atoms with van der Waals surface area (Å²) in [6, 6.07) is 6.76. The van der Waals surface area contributed by atoms with E-state index in [1.54, 1.807) is 6.92 Å². The van der Waals surface area contributed by atoms with Crippen LogP contribution in [0.15, 0.2) is 18.2 Å². The fourth-order valence-corrected chi connectivity index (χ4v) is 2.52. The fraction of sp³-hybridized carbons (Fsp3) is 0.562. The summed E-state index contributed by atoms with van der Waals surface area (Å²) in [5.74, 6) is 0.0488. The standard InChI is InChI=1S/C16H25N3O/c1-13(20)18-10-3-8-17-11-7-14-5-6-16-15(12-14)4-2-9-19-16/h5-6,12,17,19H,2-4,7-11H2,1H3,(H,18,20). The third kappa shape index (κ3) is 4.85. The molecule has 1 amide bonds. The summed E-state index contributed by atoms with van der Waals surface area (Å²) in [6.45, 7) is 5.35. The predicted octanol–water partition coefficient (Wildman–Crippen LogP) is 1.70. The second-order valence-corrected chi connectivity index (χ2v) is 5.36. The second-order valence-electron chi connectivity index (χ2n) is 5.36. The van der Waals surface area contributed by atoms with Crippen LogP contribution in [0.4, 0.5) is 5.69 Å². The zero-order valence-corrected chi connectivity index (χ0v) is 12.3. The number of fused-ring (bicyclic) bond motifs is 1. The van der Waals surface area contributed by atoms with Gasteiger partial charge >= 0.3 is 0 Å². The van der Waals surface area contributed by atoms with Crippen LogP contribution in [0.2, 0.25) is 0 Å². The maximum Gasteiger partial charge on any atom is 0.216 e. The van der Waals surface area contributed by atoms with E-state index >= 15 is 0 Å². The molecule has 0 spiro atoms. The van der Waals surface area contributed by atoms with Crippen molar-refractivity contribution in [3.63, 3.8) is 0 Å². The fourth-order valence-electron chi connectivity index (χ4n) is 2.52. The topological polar surface area (TPSA) is 53.2 Å². The molecule has 1 aromatic carbocycles. The number of anilines is 1. The second kappa shape index (κ2) is 7.90. The first-order valence-electron chi connectivity index (χ1n) is 7.56. The highest BCUT2D eigenvalue weighted by Gasteiger charge is 2.08. The Kier molecular flexibility index (Phi) is 5.87. The smallest absolute Gasteiger partial charge is 0.216 e. The van der Waals surface area contributed by atoms with Crippen molar-refractivity contribution >= 4 is 11.6 Å². The van der Waals surface area contributed by atoms with Crippen LogP contribution in [0.5, 0.6) is 0 Å². The molecule has 110 valence electrons. The van der Waals surface area contributed by atoms with Crippen molar-refractivity contribution in [2.24, 2.45) is 0 Å². The molecule has 0 atom stereocenters. The molecule has 1 aromatic rings. The minimum absolute atomic E-state index is 0.0488.